The molecule has 0 saturated carbocycles. The minimum Gasteiger partial charge on any atom is -0.497 e. The molecular weight excluding hydrogens is 352 g/mol. The molecule has 0 fully saturated rings. The Labute approximate surface area is 166 Å². The van der Waals surface area contributed by atoms with E-state index in [4.69, 9.17) is 9.47 Å². The highest BCUT2D eigenvalue weighted by molar-refractivity contribution is 5.65. The van der Waals surface area contributed by atoms with Crippen LogP contribution in [0.25, 0.3) is 0 Å². The molecule has 146 valence electrons. The van der Waals surface area contributed by atoms with Crippen LogP contribution in [0.4, 0.5) is 23.1 Å². The maximum atomic E-state index is 5.41. The second-order valence-electron chi connectivity index (χ2n) is 7.41. The number of rotatable bonds is 6. The Morgan fingerprint density at radius 3 is 2.25 bits per heavy atom. The van der Waals surface area contributed by atoms with E-state index in [9.17, 15) is 0 Å². The standard InChI is InChI=1S/C22H26N4O2/c1-22(2,3)15-6-8-16(9-7-15)24-20-12-13-23-21(26-20)25-18-11-10-17(27-4)14-19(18)28-5/h6-14H,1-5H3,(H2,23,24,25,26). The molecule has 0 aliphatic rings. The maximum absolute atomic E-state index is 5.41. The van der Waals surface area contributed by atoms with Crippen molar-refractivity contribution in [2.24, 2.45) is 0 Å². The van der Waals surface area contributed by atoms with Crippen molar-refractivity contribution < 1.29 is 9.47 Å². The molecule has 0 saturated heterocycles. The molecule has 1 aromatic heterocycles. The second kappa shape index (κ2) is 8.17. The Hall–Kier alpha value is -3.28. The molecule has 0 bridgehead atoms. The molecule has 28 heavy (non-hydrogen) atoms. The van der Waals surface area contributed by atoms with E-state index in [0.29, 0.717) is 17.5 Å². The summed E-state index contributed by atoms with van der Waals surface area (Å²) in [4.78, 5) is 8.82. The highest BCUT2D eigenvalue weighted by atomic mass is 16.5. The van der Waals surface area contributed by atoms with Crippen molar-refractivity contribution in [1.29, 1.82) is 0 Å². The SMILES string of the molecule is COc1ccc(Nc2nccc(Nc3ccc(C(C)(C)C)cc3)n2)c(OC)c1. The predicted octanol–water partition coefficient (Wildman–Crippen LogP) is 5.28. The molecule has 2 aromatic carbocycles. The molecule has 2 N–H and O–H groups in total. The van der Waals surface area contributed by atoms with E-state index >= 15 is 0 Å². The zero-order valence-corrected chi connectivity index (χ0v) is 16.9. The number of benzene rings is 2. The lowest BCUT2D eigenvalue weighted by Gasteiger charge is -2.19. The number of nitrogens with zero attached hydrogens (tertiary/aromatic N) is 2. The van der Waals surface area contributed by atoms with E-state index in [1.807, 2.05) is 18.2 Å². The summed E-state index contributed by atoms with van der Waals surface area (Å²) in [6.45, 7) is 6.60. The zero-order chi connectivity index (χ0) is 20.1. The van der Waals surface area contributed by atoms with Crippen LogP contribution in [-0.4, -0.2) is 24.2 Å². The van der Waals surface area contributed by atoms with Gasteiger partial charge in [-0.15, -0.1) is 0 Å². The lowest BCUT2D eigenvalue weighted by molar-refractivity contribution is 0.395. The minimum absolute atomic E-state index is 0.127. The van der Waals surface area contributed by atoms with Gasteiger partial charge in [-0.1, -0.05) is 32.9 Å². The molecule has 0 aliphatic heterocycles. The van der Waals surface area contributed by atoms with Crippen molar-refractivity contribution in [1.82, 2.24) is 9.97 Å². The molecule has 0 unspecified atom stereocenters. The number of ether oxygens (including phenoxy) is 2. The van der Waals surface area contributed by atoms with Gasteiger partial charge in [-0.3, -0.25) is 0 Å². The lowest BCUT2D eigenvalue weighted by Crippen LogP contribution is -2.10. The van der Waals surface area contributed by atoms with Gasteiger partial charge < -0.3 is 20.1 Å². The quantitative estimate of drug-likeness (QED) is 0.608. The number of nitrogens with one attached hydrogen (secondary N) is 2. The molecule has 6 heteroatoms. The van der Waals surface area contributed by atoms with Gasteiger partial charge in [-0.25, -0.2) is 4.98 Å². The van der Waals surface area contributed by atoms with Crippen LogP contribution >= 0.6 is 0 Å². The average Bonchev–Trinajstić information content (AvgIpc) is 2.68. The number of aromatic nitrogens is 2. The van der Waals surface area contributed by atoms with Crippen LogP contribution in [0.1, 0.15) is 26.3 Å². The second-order valence-corrected chi connectivity index (χ2v) is 7.41. The number of hydrogen-bond donors (Lipinski definition) is 2. The van der Waals surface area contributed by atoms with E-state index in [-0.39, 0.29) is 5.41 Å². The summed E-state index contributed by atoms with van der Waals surface area (Å²) in [6.07, 6.45) is 1.71. The van der Waals surface area contributed by atoms with Crippen LogP contribution in [0.2, 0.25) is 0 Å². The Morgan fingerprint density at radius 2 is 1.61 bits per heavy atom. The Balaban J connectivity index is 1.76. The summed E-state index contributed by atoms with van der Waals surface area (Å²) in [6, 6.07) is 15.7. The Kier molecular flexibility index (Phi) is 5.68. The van der Waals surface area contributed by atoms with E-state index in [0.717, 1.165) is 17.1 Å². The topological polar surface area (TPSA) is 68.3 Å². The van der Waals surface area contributed by atoms with Crippen molar-refractivity contribution in [2.75, 3.05) is 24.9 Å². The first-order chi connectivity index (χ1) is 13.4. The van der Waals surface area contributed by atoms with E-state index in [1.54, 1.807) is 26.5 Å². The molecule has 0 spiro atoms. The first-order valence-electron chi connectivity index (χ1n) is 9.09. The Morgan fingerprint density at radius 1 is 0.857 bits per heavy atom. The number of anilines is 4. The van der Waals surface area contributed by atoms with Gasteiger partial charge in [0.2, 0.25) is 5.95 Å². The van der Waals surface area contributed by atoms with E-state index in [1.165, 1.54) is 5.56 Å². The van der Waals surface area contributed by atoms with Crippen molar-refractivity contribution in [3.63, 3.8) is 0 Å². The van der Waals surface area contributed by atoms with Crippen molar-refractivity contribution in [3.05, 3.63) is 60.3 Å². The summed E-state index contributed by atoms with van der Waals surface area (Å²) in [5, 5.41) is 6.50. The van der Waals surface area contributed by atoms with E-state index < -0.39 is 0 Å². The normalized spacial score (nSPS) is 11.0. The molecule has 0 aliphatic carbocycles. The number of hydrogen-bond acceptors (Lipinski definition) is 6. The lowest BCUT2D eigenvalue weighted by atomic mass is 9.87. The third-order valence-electron chi connectivity index (χ3n) is 4.33. The van der Waals surface area contributed by atoms with Gasteiger partial charge in [-0.2, -0.15) is 4.98 Å². The summed E-state index contributed by atoms with van der Waals surface area (Å²) < 4.78 is 10.6. The van der Waals surface area contributed by atoms with Gasteiger partial charge in [0, 0.05) is 18.0 Å². The molecule has 3 rings (SSSR count). The van der Waals surface area contributed by atoms with Crippen LogP contribution < -0.4 is 20.1 Å². The van der Waals surface area contributed by atoms with Gasteiger partial charge >= 0.3 is 0 Å². The zero-order valence-electron chi connectivity index (χ0n) is 16.9. The van der Waals surface area contributed by atoms with Gasteiger partial charge in [0.1, 0.15) is 17.3 Å². The minimum atomic E-state index is 0.127. The summed E-state index contributed by atoms with van der Waals surface area (Å²) >= 11 is 0. The van der Waals surface area contributed by atoms with Crippen LogP contribution in [0.15, 0.2) is 54.7 Å². The summed E-state index contributed by atoms with van der Waals surface area (Å²) in [5.74, 6) is 2.55. The van der Waals surface area contributed by atoms with Crippen LogP contribution in [0, 0.1) is 0 Å². The van der Waals surface area contributed by atoms with Gasteiger partial charge in [0.15, 0.2) is 0 Å². The monoisotopic (exact) mass is 378 g/mol. The van der Waals surface area contributed by atoms with Gasteiger partial charge in [0.25, 0.3) is 0 Å². The van der Waals surface area contributed by atoms with Crippen molar-refractivity contribution >= 4 is 23.1 Å². The molecule has 0 radical (unpaired) electrons. The predicted molar refractivity (Wildman–Crippen MR) is 113 cm³/mol. The summed E-state index contributed by atoms with van der Waals surface area (Å²) in [5.41, 5.74) is 3.14. The molecule has 1 heterocycles. The van der Waals surface area contributed by atoms with Crippen LogP contribution in [-0.2, 0) is 5.41 Å². The van der Waals surface area contributed by atoms with Crippen LogP contribution in [0.5, 0.6) is 11.5 Å². The maximum Gasteiger partial charge on any atom is 0.229 e. The molecule has 3 aromatic rings. The van der Waals surface area contributed by atoms with Gasteiger partial charge in [0.05, 0.1) is 19.9 Å². The average molecular weight is 378 g/mol. The smallest absolute Gasteiger partial charge is 0.229 e. The fourth-order valence-electron chi connectivity index (χ4n) is 2.71. The van der Waals surface area contributed by atoms with E-state index in [2.05, 4.69) is 65.6 Å². The highest BCUT2D eigenvalue weighted by Gasteiger charge is 2.13. The molecule has 0 amide bonds. The first kappa shape index (κ1) is 19.5. The fraction of sp³-hybridized carbons (Fsp3) is 0.273. The third-order valence-corrected chi connectivity index (χ3v) is 4.33. The molecular formula is C22H26N4O2. The van der Waals surface area contributed by atoms with Crippen molar-refractivity contribution in [3.8, 4) is 11.5 Å². The fourth-order valence-corrected chi connectivity index (χ4v) is 2.71. The van der Waals surface area contributed by atoms with Gasteiger partial charge in [-0.05, 0) is 41.3 Å². The molecule has 0 atom stereocenters. The third kappa shape index (κ3) is 4.71. The van der Waals surface area contributed by atoms with Crippen molar-refractivity contribution in [2.45, 2.75) is 26.2 Å². The molecule has 6 nitrogen and oxygen atoms in total. The van der Waals surface area contributed by atoms with Crippen LogP contribution in [0.3, 0.4) is 0 Å². The summed E-state index contributed by atoms with van der Waals surface area (Å²) in [7, 11) is 3.23. The highest BCUT2D eigenvalue weighted by Crippen LogP contribution is 2.31. The number of methoxy groups -OCH3 is 2. The largest absolute Gasteiger partial charge is 0.497 e. The first-order valence-corrected chi connectivity index (χ1v) is 9.09. The Bertz CT molecular complexity index is 934.